The van der Waals surface area contributed by atoms with Crippen LogP contribution in [0.15, 0.2) is 46.2 Å². The van der Waals surface area contributed by atoms with Gasteiger partial charge in [0.05, 0.1) is 5.56 Å². The van der Waals surface area contributed by atoms with Gasteiger partial charge in [0.1, 0.15) is 5.82 Å². The number of hydrogen-bond acceptors (Lipinski definition) is 2. The van der Waals surface area contributed by atoms with Crippen molar-refractivity contribution in [2.24, 2.45) is 0 Å². The average molecular weight is 274 g/mol. The lowest BCUT2D eigenvalue weighted by molar-refractivity contribution is 0.101. The van der Waals surface area contributed by atoms with Crippen LogP contribution in [0.3, 0.4) is 0 Å². The molecular formula is C16H15FOS. The molecule has 0 spiro atoms. The molecule has 2 aromatic rings. The number of rotatable bonds is 3. The summed E-state index contributed by atoms with van der Waals surface area (Å²) >= 11 is 1.44. The Balaban J connectivity index is 2.46. The predicted octanol–water partition coefficient (Wildman–Crippen LogP) is 4.80. The molecule has 0 aliphatic heterocycles. The molecule has 0 atom stereocenters. The Morgan fingerprint density at radius 2 is 1.84 bits per heavy atom. The van der Waals surface area contributed by atoms with Gasteiger partial charge in [0.15, 0.2) is 5.78 Å². The molecule has 0 N–H and O–H groups in total. The smallest absolute Gasteiger partial charge is 0.163 e. The minimum Gasteiger partial charge on any atom is -0.294 e. The number of aryl methyl sites for hydroxylation is 2. The summed E-state index contributed by atoms with van der Waals surface area (Å²) in [6.07, 6.45) is 0. The molecule has 0 amide bonds. The Bertz CT molecular complexity index is 635. The van der Waals surface area contributed by atoms with E-state index in [1.807, 2.05) is 26.0 Å². The zero-order valence-electron chi connectivity index (χ0n) is 11.2. The van der Waals surface area contributed by atoms with Crippen LogP contribution in [0.1, 0.15) is 28.4 Å². The Labute approximate surface area is 116 Å². The molecule has 0 aliphatic carbocycles. The van der Waals surface area contributed by atoms with Gasteiger partial charge in [0.2, 0.25) is 0 Å². The number of halogens is 1. The Hall–Kier alpha value is -1.61. The van der Waals surface area contributed by atoms with Crippen molar-refractivity contribution in [3.8, 4) is 0 Å². The second-order valence-electron chi connectivity index (χ2n) is 4.54. The zero-order valence-corrected chi connectivity index (χ0v) is 12.0. The van der Waals surface area contributed by atoms with Gasteiger partial charge in [-0.05, 0) is 50.1 Å². The molecule has 0 radical (unpaired) electrons. The Morgan fingerprint density at radius 1 is 1.11 bits per heavy atom. The van der Waals surface area contributed by atoms with Crippen molar-refractivity contribution in [1.29, 1.82) is 0 Å². The van der Waals surface area contributed by atoms with Crippen molar-refractivity contribution in [3.63, 3.8) is 0 Å². The third kappa shape index (κ3) is 3.04. The Morgan fingerprint density at radius 3 is 2.53 bits per heavy atom. The fourth-order valence-corrected chi connectivity index (χ4v) is 3.07. The van der Waals surface area contributed by atoms with Crippen LogP contribution in [0.4, 0.5) is 4.39 Å². The number of Topliss-reactive ketones (excluding diaryl/α,β-unsaturated/α-hetero) is 1. The van der Waals surface area contributed by atoms with E-state index in [2.05, 4.69) is 6.07 Å². The topological polar surface area (TPSA) is 17.1 Å². The zero-order chi connectivity index (χ0) is 14.0. The first-order chi connectivity index (χ1) is 8.99. The molecule has 0 aliphatic rings. The van der Waals surface area contributed by atoms with Gasteiger partial charge in [-0.3, -0.25) is 4.79 Å². The van der Waals surface area contributed by atoms with Crippen LogP contribution in [-0.2, 0) is 0 Å². The van der Waals surface area contributed by atoms with Crippen LogP contribution >= 0.6 is 11.8 Å². The molecule has 1 nitrogen and oxygen atoms in total. The first-order valence-corrected chi connectivity index (χ1v) is 6.85. The van der Waals surface area contributed by atoms with E-state index in [0.29, 0.717) is 4.90 Å². The fourth-order valence-electron chi connectivity index (χ4n) is 1.87. The minimum atomic E-state index is -0.456. The van der Waals surface area contributed by atoms with Crippen molar-refractivity contribution in [2.75, 3.05) is 0 Å². The molecule has 0 fully saturated rings. The van der Waals surface area contributed by atoms with Gasteiger partial charge in [-0.25, -0.2) is 4.39 Å². The highest BCUT2D eigenvalue weighted by atomic mass is 32.2. The molecule has 0 aromatic heterocycles. The molecular weight excluding hydrogens is 259 g/mol. The molecule has 3 heteroatoms. The van der Waals surface area contributed by atoms with Crippen molar-refractivity contribution in [3.05, 3.63) is 58.9 Å². The van der Waals surface area contributed by atoms with E-state index in [1.54, 1.807) is 12.1 Å². The molecule has 0 bridgehead atoms. The van der Waals surface area contributed by atoms with Crippen LogP contribution in [0.5, 0.6) is 0 Å². The van der Waals surface area contributed by atoms with Gasteiger partial charge >= 0.3 is 0 Å². The summed E-state index contributed by atoms with van der Waals surface area (Å²) in [5, 5.41) is 0. The predicted molar refractivity (Wildman–Crippen MR) is 76.4 cm³/mol. The maximum atomic E-state index is 13.7. The van der Waals surface area contributed by atoms with Crippen molar-refractivity contribution in [1.82, 2.24) is 0 Å². The summed E-state index contributed by atoms with van der Waals surface area (Å²) in [5.41, 5.74) is 2.44. The third-order valence-corrected chi connectivity index (χ3v) is 4.11. The fraction of sp³-hybridized carbons (Fsp3) is 0.188. The van der Waals surface area contributed by atoms with E-state index in [-0.39, 0.29) is 11.3 Å². The van der Waals surface area contributed by atoms with Crippen LogP contribution in [0.2, 0.25) is 0 Å². The highest BCUT2D eigenvalue weighted by Gasteiger charge is 2.14. The van der Waals surface area contributed by atoms with Gasteiger partial charge < -0.3 is 0 Å². The van der Waals surface area contributed by atoms with E-state index in [4.69, 9.17) is 0 Å². The quantitative estimate of drug-likeness (QED) is 0.748. The monoisotopic (exact) mass is 274 g/mol. The average Bonchev–Trinajstić information content (AvgIpc) is 2.33. The van der Waals surface area contributed by atoms with Crippen LogP contribution < -0.4 is 0 Å². The number of carbonyl (C=O) groups is 1. The first-order valence-electron chi connectivity index (χ1n) is 6.03. The molecule has 0 heterocycles. The van der Waals surface area contributed by atoms with E-state index < -0.39 is 5.82 Å². The maximum Gasteiger partial charge on any atom is 0.163 e. The molecule has 2 rings (SSSR count). The van der Waals surface area contributed by atoms with Gasteiger partial charge in [0, 0.05) is 9.79 Å². The summed E-state index contributed by atoms with van der Waals surface area (Å²) in [6.45, 7) is 5.42. The van der Waals surface area contributed by atoms with Gasteiger partial charge in [0.25, 0.3) is 0 Å². The lowest BCUT2D eigenvalue weighted by Gasteiger charge is -2.10. The number of carbonyl (C=O) groups excluding carboxylic acids is 1. The summed E-state index contributed by atoms with van der Waals surface area (Å²) < 4.78 is 13.7. The van der Waals surface area contributed by atoms with E-state index >= 15 is 0 Å². The van der Waals surface area contributed by atoms with Crippen LogP contribution in [0, 0.1) is 19.7 Å². The van der Waals surface area contributed by atoms with Gasteiger partial charge in [-0.2, -0.15) is 0 Å². The van der Waals surface area contributed by atoms with Crippen molar-refractivity contribution in [2.45, 2.75) is 30.6 Å². The lowest BCUT2D eigenvalue weighted by atomic mass is 10.1. The van der Waals surface area contributed by atoms with E-state index in [1.165, 1.54) is 24.8 Å². The molecule has 0 unspecified atom stereocenters. The Kier molecular flexibility index (Phi) is 4.05. The molecule has 0 saturated carbocycles. The molecule has 98 valence electrons. The molecule has 0 saturated heterocycles. The van der Waals surface area contributed by atoms with E-state index in [0.717, 1.165) is 16.0 Å². The van der Waals surface area contributed by atoms with Crippen molar-refractivity contribution < 1.29 is 9.18 Å². The van der Waals surface area contributed by atoms with Crippen LogP contribution in [-0.4, -0.2) is 5.78 Å². The normalized spacial score (nSPS) is 10.5. The number of ketones is 1. The third-order valence-electron chi connectivity index (χ3n) is 2.89. The SMILES string of the molecule is CC(=O)c1c(F)cccc1Sc1cc(C)ccc1C. The summed E-state index contributed by atoms with van der Waals surface area (Å²) in [4.78, 5) is 13.3. The minimum absolute atomic E-state index is 0.174. The second-order valence-corrected chi connectivity index (χ2v) is 5.62. The van der Waals surface area contributed by atoms with Gasteiger partial charge in [-0.1, -0.05) is 30.0 Å². The summed E-state index contributed by atoms with van der Waals surface area (Å²) in [6, 6.07) is 10.9. The summed E-state index contributed by atoms with van der Waals surface area (Å²) in [5.74, 6) is -0.700. The number of benzene rings is 2. The number of hydrogen-bond donors (Lipinski definition) is 0. The highest BCUT2D eigenvalue weighted by molar-refractivity contribution is 7.99. The molecule has 19 heavy (non-hydrogen) atoms. The van der Waals surface area contributed by atoms with Gasteiger partial charge in [-0.15, -0.1) is 0 Å². The highest BCUT2D eigenvalue weighted by Crippen LogP contribution is 2.34. The largest absolute Gasteiger partial charge is 0.294 e. The summed E-state index contributed by atoms with van der Waals surface area (Å²) in [7, 11) is 0. The molecule has 2 aromatic carbocycles. The second kappa shape index (κ2) is 5.57. The first kappa shape index (κ1) is 13.8. The standard InChI is InChI=1S/C16H15FOS/c1-10-7-8-11(2)15(9-10)19-14-6-4-5-13(17)16(14)12(3)18/h4-9H,1-3H3. The lowest BCUT2D eigenvalue weighted by Crippen LogP contribution is -1.99. The van der Waals surface area contributed by atoms with Crippen molar-refractivity contribution >= 4 is 17.5 Å². The maximum absolute atomic E-state index is 13.7. The van der Waals surface area contributed by atoms with Crippen LogP contribution in [0.25, 0.3) is 0 Å². The van der Waals surface area contributed by atoms with E-state index in [9.17, 15) is 9.18 Å².